The molecule has 262 valence electrons. The Hall–Kier alpha value is -7.42. The molecule has 0 fully saturated rings. The van der Waals surface area contributed by atoms with Gasteiger partial charge in [-0.3, -0.25) is 0 Å². The van der Waals surface area contributed by atoms with Gasteiger partial charge in [0.2, 0.25) is 0 Å². The van der Waals surface area contributed by atoms with Gasteiger partial charge in [-0.2, -0.15) is 0 Å². The summed E-state index contributed by atoms with van der Waals surface area (Å²) in [6.07, 6.45) is 0. The predicted molar refractivity (Wildman–Crippen MR) is 239 cm³/mol. The molecule has 0 amide bonds. The van der Waals surface area contributed by atoms with Crippen LogP contribution < -0.4 is 4.90 Å². The first-order chi connectivity index (χ1) is 27.8. The lowest BCUT2D eigenvalue weighted by Gasteiger charge is -2.26. The van der Waals surface area contributed by atoms with E-state index in [1.54, 1.807) is 0 Å². The van der Waals surface area contributed by atoms with Gasteiger partial charge in [0, 0.05) is 33.5 Å². The lowest BCUT2D eigenvalue weighted by atomic mass is 9.94. The van der Waals surface area contributed by atoms with Gasteiger partial charge in [-0.1, -0.05) is 158 Å². The van der Waals surface area contributed by atoms with E-state index < -0.39 is 0 Å². The molecule has 0 aliphatic heterocycles. The minimum Gasteiger partial charge on any atom is -0.310 e. The van der Waals surface area contributed by atoms with Gasteiger partial charge in [-0.15, -0.1) is 0 Å². The minimum atomic E-state index is 1.10. The summed E-state index contributed by atoms with van der Waals surface area (Å²) in [6, 6.07) is 79.4. The molecule has 0 bridgehead atoms. The molecule has 1 heterocycles. The average Bonchev–Trinajstić information content (AvgIpc) is 3.61. The minimum absolute atomic E-state index is 1.10. The van der Waals surface area contributed by atoms with E-state index in [1.165, 1.54) is 76.4 Å². The van der Waals surface area contributed by atoms with Crippen molar-refractivity contribution in [3.05, 3.63) is 218 Å². The van der Waals surface area contributed by atoms with Crippen molar-refractivity contribution in [2.45, 2.75) is 0 Å². The van der Waals surface area contributed by atoms with E-state index in [0.29, 0.717) is 0 Å². The number of anilines is 3. The summed E-state index contributed by atoms with van der Waals surface area (Å²) in [4.78, 5) is 2.38. The van der Waals surface area contributed by atoms with E-state index in [0.717, 1.165) is 22.7 Å². The quantitative estimate of drug-likeness (QED) is 0.156. The fourth-order valence-corrected chi connectivity index (χ4v) is 8.65. The highest BCUT2D eigenvalue weighted by Crippen LogP contribution is 2.41. The van der Waals surface area contributed by atoms with Gasteiger partial charge in [0.25, 0.3) is 0 Å². The maximum Gasteiger partial charge on any atom is 0.0561 e. The zero-order chi connectivity index (χ0) is 37.0. The van der Waals surface area contributed by atoms with Crippen molar-refractivity contribution < 1.29 is 0 Å². The van der Waals surface area contributed by atoms with E-state index in [1.807, 2.05) is 0 Å². The first kappa shape index (κ1) is 32.0. The predicted octanol–water partition coefficient (Wildman–Crippen LogP) is 15.0. The molecule has 0 saturated heterocycles. The van der Waals surface area contributed by atoms with Gasteiger partial charge in [0.15, 0.2) is 0 Å². The number of benzene rings is 10. The second-order valence-corrected chi connectivity index (χ2v) is 14.6. The van der Waals surface area contributed by atoms with Crippen LogP contribution in [0, 0.1) is 0 Å². The number of aromatic nitrogens is 1. The Kier molecular flexibility index (Phi) is 7.53. The summed E-state index contributed by atoms with van der Waals surface area (Å²) in [5, 5.41) is 10.2. The standard InChI is InChI=1S/C54H36N2/c1-3-11-37(12-4-1)38-23-28-45(29-24-38)55(47-32-34-51-50-17-9-10-18-52(50)56(53(51)36-47)44-14-5-2-6-15-44)46-30-25-39(26-31-46)42-27-33-49-43(35-42)22-21-41-20-19-40-13-7-8-16-48(40)54(41)49/h1-36H. The molecule has 10 aromatic carbocycles. The molecule has 0 radical (unpaired) electrons. The second kappa shape index (κ2) is 13.2. The summed E-state index contributed by atoms with van der Waals surface area (Å²) < 4.78 is 2.39. The van der Waals surface area contributed by atoms with Gasteiger partial charge in [-0.05, 0) is 115 Å². The number of nitrogens with zero attached hydrogens (tertiary/aromatic N) is 2. The first-order valence-electron chi connectivity index (χ1n) is 19.3. The maximum atomic E-state index is 2.39. The van der Waals surface area contributed by atoms with Crippen LogP contribution in [0.2, 0.25) is 0 Å². The third kappa shape index (κ3) is 5.34. The van der Waals surface area contributed by atoms with Gasteiger partial charge in [-0.25, -0.2) is 0 Å². The fraction of sp³-hybridized carbons (Fsp3) is 0. The lowest BCUT2D eigenvalue weighted by Crippen LogP contribution is -2.10. The molecular weight excluding hydrogens is 677 g/mol. The Morgan fingerprint density at radius 1 is 0.286 bits per heavy atom. The van der Waals surface area contributed by atoms with Crippen molar-refractivity contribution in [3.63, 3.8) is 0 Å². The largest absolute Gasteiger partial charge is 0.310 e. The molecule has 0 aliphatic carbocycles. The Balaban J connectivity index is 1.04. The van der Waals surface area contributed by atoms with Crippen LogP contribution in [0.3, 0.4) is 0 Å². The normalized spacial score (nSPS) is 11.6. The van der Waals surface area contributed by atoms with Crippen molar-refractivity contribution >= 4 is 71.2 Å². The number of fused-ring (bicyclic) bond motifs is 8. The summed E-state index contributed by atoms with van der Waals surface area (Å²) >= 11 is 0. The smallest absolute Gasteiger partial charge is 0.0561 e. The third-order valence-corrected chi connectivity index (χ3v) is 11.3. The molecule has 0 spiro atoms. The van der Waals surface area contributed by atoms with Gasteiger partial charge < -0.3 is 9.47 Å². The molecule has 56 heavy (non-hydrogen) atoms. The third-order valence-electron chi connectivity index (χ3n) is 11.3. The number of hydrogen-bond donors (Lipinski definition) is 0. The summed E-state index contributed by atoms with van der Waals surface area (Å²) in [7, 11) is 0. The van der Waals surface area contributed by atoms with Gasteiger partial charge in [0.05, 0.1) is 11.0 Å². The second-order valence-electron chi connectivity index (χ2n) is 14.6. The van der Waals surface area contributed by atoms with Crippen molar-refractivity contribution in [2.24, 2.45) is 0 Å². The van der Waals surface area contributed by atoms with Crippen LogP contribution in [0.5, 0.6) is 0 Å². The molecule has 2 heteroatoms. The maximum absolute atomic E-state index is 2.39. The molecule has 0 aliphatic rings. The van der Waals surface area contributed by atoms with Crippen LogP contribution in [0.25, 0.3) is 82.1 Å². The van der Waals surface area contributed by atoms with Crippen LogP contribution in [0.4, 0.5) is 17.1 Å². The topological polar surface area (TPSA) is 8.17 Å². The summed E-state index contributed by atoms with van der Waals surface area (Å²) in [6.45, 7) is 0. The first-order valence-corrected chi connectivity index (χ1v) is 19.3. The molecule has 0 N–H and O–H groups in total. The highest BCUT2D eigenvalue weighted by molar-refractivity contribution is 6.20. The van der Waals surface area contributed by atoms with Crippen molar-refractivity contribution in [1.29, 1.82) is 0 Å². The molecule has 0 unspecified atom stereocenters. The molecule has 11 aromatic rings. The van der Waals surface area contributed by atoms with E-state index in [2.05, 4.69) is 228 Å². The van der Waals surface area contributed by atoms with Crippen molar-refractivity contribution in [2.75, 3.05) is 4.90 Å². The molecule has 2 nitrogen and oxygen atoms in total. The Morgan fingerprint density at radius 3 is 1.54 bits per heavy atom. The van der Waals surface area contributed by atoms with E-state index in [9.17, 15) is 0 Å². The van der Waals surface area contributed by atoms with E-state index in [4.69, 9.17) is 0 Å². The van der Waals surface area contributed by atoms with Crippen LogP contribution >= 0.6 is 0 Å². The average molecular weight is 713 g/mol. The van der Waals surface area contributed by atoms with Crippen LogP contribution in [-0.2, 0) is 0 Å². The van der Waals surface area contributed by atoms with Crippen LogP contribution in [0.15, 0.2) is 218 Å². The lowest BCUT2D eigenvalue weighted by molar-refractivity contribution is 1.18. The Bertz CT molecular complexity index is 3210. The molecule has 0 atom stereocenters. The highest BCUT2D eigenvalue weighted by Gasteiger charge is 2.18. The van der Waals surface area contributed by atoms with E-state index >= 15 is 0 Å². The zero-order valence-corrected chi connectivity index (χ0v) is 30.7. The SMILES string of the molecule is c1ccc(-c2ccc(N(c3ccc(-c4ccc5c(ccc6ccc7ccccc7c65)c4)cc3)c3ccc4c5ccccc5n(-c5ccccc5)c4c3)cc2)cc1. The number of hydrogen-bond acceptors (Lipinski definition) is 1. The Morgan fingerprint density at radius 2 is 0.786 bits per heavy atom. The van der Waals surface area contributed by atoms with Gasteiger partial charge in [0.1, 0.15) is 0 Å². The van der Waals surface area contributed by atoms with Crippen LogP contribution in [0.1, 0.15) is 0 Å². The monoisotopic (exact) mass is 712 g/mol. The molecule has 0 saturated carbocycles. The summed E-state index contributed by atoms with van der Waals surface area (Å²) in [5.41, 5.74) is 11.6. The molecule has 1 aromatic heterocycles. The Labute approximate surface area is 325 Å². The summed E-state index contributed by atoms with van der Waals surface area (Å²) in [5.74, 6) is 0. The van der Waals surface area contributed by atoms with Crippen molar-refractivity contribution in [3.8, 4) is 27.9 Å². The van der Waals surface area contributed by atoms with Gasteiger partial charge >= 0.3 is 0 Å². The van der Waals surface area contributed by atoms with Crippen molar-refractivity contribution in [1.82, 2.24) is 4.57 Å². The fourth-order valence-electron chi connectivity index (χ4n) is 8.65. The number of para-hydroxylation sites is 2. The molecular formula is C54H36N2. The van der Waals surface area contributed by atoms with E-state index in [-0.39, 0.29) is 0 Å². The number of rotatable bonds is 6. The van der Waals surface area contributed by atoms with Crippen LogP contribution in [-0.4, -0.2) is 4.57 Å². The molecule has 11 rings (SSSR count). The zero-order valence-electron chi connectivity index (χ0n) is 30.7. The highest BCUT2D eigenvalue weighted by atomic mass is 15.1.